The molecule has 0 aliphatic heterocycles. The van der Waals surface area contributed by atoms with Crippen molar-refractivity contribution in [3.63, 3.8) is 0 Å². The maximum absolute atomic E-state index is 12.0. The standard InChI is InChI=1S/C16H19NO6S/c1-21-14-8-7-12(11-15(14)24(2,19)20)16(18)17-23-10-4-6-13-5-3-9-22-13/h3,5,7-9,11H,4,6,10H2,1-2H3,(H,17,18). The number of hydroxylamine groups is 1. The lowest BCUT2D eigenvalue weighted by atomic mass is 10.2. The summed E-state index contributed by atoms with van der Waals surface area (Å²) >= 11 is 0. The molecule has 1 aromatic heterocycles. The van der Waals surface area contributed by atoms with Crippen molar-refractivity contribution in [1.29, 1.82) is 0 Å². The number of nitrogens with one attached hydrogen (secondary N) is 1. The Morgan fingerprint density at radius 2 is 2.08 bits per heavy atom. The number of rotatable bonds is 8. The van der Waals surface area contributed by atoms with Crippen molar-refractivity contribution in [2.24, 2.45) is 0 Å². The number of methoxy groups -OCH3 is 1. The summed E-state index contributed by atoms with van der Waals surface area (Å²) in [5.41, 5.74) is 2.46. The van der Waals surface area contributed by atoms with Crippen LogP contribution in [0.1, 0.15) is 22.5 Å². The van der Waals surface area contributed by atoms with Gasteiger partial charge >= 0.3 is 0 Å². The molecule has 0 fully saturated rings. The number of benzene rings is 1. The highest BCUT2D eigenvalue weighted by atomic mass is 32.2. The lowest BCUT2D eigenvalue weighted by Crippen LogP contribution is -2.24. The quantitative estimate of drug-likeness (QED) is 0.576. The molecule has 0 saturated heterocycles. The summed E-state index contributed by atoms with van der Waals surface area (Å²) in [5.74, 6) is 0.506. The predicted molar refractivity (Wildman–Crippen MR) is 86.6 cm³/mol. The monoisotopic (exact) mass is 353 g/mol. The minimum absolute atomic E-state index is 0.0459. The van der Waals surface area contributed by atoms with E-state index in [1.165, 1.54) is 25.3 Å². The molecule has 8 heteroatoms. The lowest BCUT2D eigenvalue weighted by Gasteiger charge is -2.10. The van der Waals surface area contributed by atoms with Crippen molar-refractivity contribution in [3.05, 3.63) is 47.9 Å². The molecule has 2 aromatic rings. The molecule has 0 saturated carbocycles. The summed E-state index contributed by atoms with van der Waals surface area (Å²) < 4.78 is 33.7. The molecule has 2 rings (SSSR count). The van der Waals surface area contributed by atoms with Gasteiger partial charge in [0.05, 0.1) is 20.0 Å². The number of carbonyl (C=O) groups is 1. The number of ether oxygens (including phenoxy) is 1. The number of amides is 1. The van der Waals surface area contributed by atoms with Crippen molar-refractivity contribution >= 4 is 15.7 Å². The Labute approximate surface area is 140 Å². The number of carbonyl (C=O) groups excluding carboxylic acids is 1. The van der Waals surface area contributed by atoms with Crippen molar-refractivity contribution in [2.75, 3.05) is 20.0 Å². The van der Waals surface area contributed by atoms with Gasteiger partial charge in [0.1, 0.15) is 16.4 Å². The maximum Gasteiger partial charge on any atom is 0.274 e. The first-order chi connectivity index (χ1) is 11.4. The SMILES string of the molecule is COc1ccc(C(=O)NOCCCc2ccco2)cc1S(C)(=O)=O. The second-order valence-electron chi connectivity index (χ2n) is 5.10. The van der Waals surface area contributed by atoms with Crippen LogP contribution in [0.4, 0.5) is 0 Å². The van der Waals surface area contributed by atoms with E-state index in [9.17, 15) is 13.2 Å². The normalized spacial score (nSPS) is 11.2. The van der Waals surface area contributed by atoms with Gasteiger partial charge in [-0.05, 0) is 36.8 Å². The van der Waals surface area contributed by atoms with Gasteiger partial charge in [-0.3, -0.25) is 9.63 Å². The van der Waals surface area contributed by atoms with Crippen molar-refractivity contribution in [2.45, 2.75) is 17.7 Å². The zero-order valence-corrected chi connectivity index (χ0v) is 14.3. The Bertz CT molecular complexity index is 783. The van der Waals surface area contributed by atoms with Gasteiger partial charge in [-0.2, -0.15) is 0 Å². The van der Waals surface area contributed by atoms with Crippen molar-refractivity contribution in [1.82, 2.24) is 5.48 Å². The van der Waals surface area contributed by atoms with E-state index in [4.69, 9.17) is 14.0 Å². The van der Waals surface area contributed by atoms with Crippen molar-refractivity contribution in [3.8, 4) is 5.75 Å². The third kappa shape index (κ3) is 4.84. The second-order valence-corrected chi connectivity index (χ2v) is 7.08. The fourth-order valence-corrected chi connectivity index (χ4v) is 2.91. The largest absolute Gasteiger partial charge is 0.495 e. The topological polar surface area (TPSA) is 94.8 Å². The fourth-order valence-electron chi connectivity index (χ4n) is 2.06. The van der Waals surface area contributed by atoms with Gasteiger partial charge in [0.15, 0.2) is 9.84 Å². The van der Waals surface area contributed by atoms with Crippen LogP contribution in [0.5, 0.6) is 5.75 Å². The maximum atomic E-state index is 12.0. The average molecular weight is 353 g/mol. The first-order valence-electron chi connectivity index (χ1n) is 7.24. The minimum atomic E-state index is -3.51. The molecule has 130 valence electrons. The molecular formula is C16H19NO6S. The molecule has 1 amide bonds. The zero-order chi connectivity index (χ0) is 17.6. The van der Waals surface area contributed by atoms with Crippen LogP contribution in [-0.2, 0) is 21.1 Å². The van der Waals surface area contributed by atoms with Gasteiger partial charge in [-0.25, -0.2) is 13.9 Å². The van der Waals surface area contributed by atoms with Crippen molar-refractivity contribution < 1.29 is 27.2 Å². The van der Waals surface area contributed by atoms with Crippen LogP contribution in [-0.4, -0.2) is 34.3 Å². The number of hydrogen-bond donors (Lipinski definition) is 1. The molecule has 0 aliphatic rings. The summed E-state index contributed by atoms with van der Waals surface area (Å²) in [6.45, 7) is 0.307. The van der Waals surface area contributed by atoms with E-state index in [2.05, 4.69) is 5.48 Å². The Morgan fingerprint density at radius 1 is 1.29 bits per heavy atom. The van der Waals surface area contributed by atoms with Crippen LogP contribution in [0, 0.1) is 0 Å². The van der Waals surface area contributed by atoms with E-state index in [0.29, 0.717) is 19.4 Å². The van der Waals surface area contributed by atoms with Crippen LogP contribution in [0.25, 0.3) is 0 Å². The third-order valence-corrected chi connectivity index (χ3v) is 4.36. The Morgan fingerprint density at radius 3 is 2.71 bits per heavy atom. The van der Waals surface area contributed by atoms with E-state index in [0.717, 1.165) is 12.0 Å². The summed E-state index contributed by atoms with van der Waals surface area (Å²) in [6.07, 6.45) is 4.02. The molecule has 0 spiro atoms. The highest BCUT2D eigenvalue weighted by Crippen LogP contribution is 2.24. The third-order valence-electron chi connectivity index (χ3n) is 3.24. The first-order valence-corrected chi connectivity index (χ1v) is 9.13. The molecule has 0 aliphatic carbocycles. The summed E-state index contributed by atoms with van der Waals surface area (Å²) in [6, 6.07) is 7.83. The van der Waals surface area contributed by atoms with E-state index < -0.39 is 15.7 Å². The molecule has 1 heterocycles. The van der Waals surface area contributed by atoms with E-state index in [1.807, 2.05) is 6.07 Å². The van der Waals surface area contributed by atoms with Crippen LogP contribution in [0.2, 0.25) is 0 Å². The Balaban J connectivity index is 1.90. The van der Waals surface area contributed by atoms with Gasteiger partial charge in [-0.1, -0.05) is 0 Å². The number of hydrogen-bond acceptors (Lipinski definition) is 6. The minimum Gasteiger partial charge on any atom is -0.495 e. The molecular weight excluding hydrogens is 334 g/mol. The van der Waals surface area contributed by atoms with Gasteiger partial charge in [0, 0.05) is 18.2 Å². The van der Waals surface area contributed by atoms with Crippen LogP contribution < -0.4 is 10.2 Å². The summed E-state index contributed by atoms with van der Waals surface area (Å²) in [4.78, 5) is 17.1. The number of sulfone groups is 1. The highest BCUT2D eigenvalue weighted by Gasteiger charge is 2.17. The predicted octanol–water partition coefficient (Wildman–Crippen LogP) is 1.99. The van der Waals surface area contributed by atoms with E-state index in [-0.39, 0.29) is 16.2 Å². The van der Waals surface area contributed by atoms with Gasteiger partial charge in [0.25, 0.3) is 5.91 Å². The van der Waals surface area contributed by atoms with Gasteiger partial charge in [-0.15, -0.1) is 0 Å². The average Bonchev–Trinajstić information content (AvgIpc) is 3.06. The lowest BCUT2D eigenvalue weighted by molar-refractivity contribution is 0.0301. The molecule has 1 aromatic carbocycles. The molecule has 1 N–H and O–H groups in total. The summed E-state index contributed by atoms with van der Waals surface area (Å²) in [7, 11) is -2.15. The molecule has 0 bridgehead atoms. The first kappa shape index (κ1) is 18.0. The Kier molecular flexibility index (Phi) is 5.99. The number of furan rings is 1. The number of aryl methyl sites for hydroxylation is 1. The van der Waals surface area contributed by atoms with E-state index >= 15 is 0 Å². The molecule has 24 heavy (non-hydrogen) atoms. The molecule has 7 nitrogen and oxygen atoms in total. The Hall–Kier alpha value is -2.32. The molecule has 0 atom stereocenters. The van der Waals surface area contributed by atoms with Gasteiger partial charge < -0.3 is 9.15 Å². The molecule has 0 radical (unpaired) electrons. The summed E-state index contributed by atoms with van der Waals surface area (Å²) in [5, 5.41) is 0. The fraction of sp³-hybridized carbons (Fsp3) is 0.312. The molecule has 0 unspecified atom stereocenters. The highest BCUT2D eigenvalue weighted by molar-refractivity contribution is 7.90. The van der Waals surface area contributed by atoms with Gasteiger partial charge in [0.2, 0.25) is 0 Å². The zero-order valence-electron chi connectivity index (χ0n) is 13.4. The smallest absolute Gasteiger partial charge is 0.274 e. The second kappa shape index (κ2) is 7.98. The van der Waals surface area contributed by atoms with Crippen LogP contribution >= 0.6 is 0 Å². The van der Waals surface area contributed by atoms with Crippen LogP contribution in [0.3, 0.4) is 0 Å². The van der Waals surface area contributed by atoms with E-state index in [1.54, 1.807) is 12.3 Å². The van der Waals surface area contributed by atoms with Crippen LogP contribution in [0.15, 0.2) is 45.9 Å².